The molecule has 12 heteroatoms. The van der Waals surface area contributed by atoms with E-state index in [0.717, 1.165) is 21.6 Å². The number of hydrogen-bond acceptors (Lipinski definition) is 6. The highest BCUT2D eigenvalue weighted by molar-refractivity contribution is 14.1. The van der Waals surface area contributed by atoms with Gasteiger partial charge in [-0.25, -0.2) is 22.9 Å². The predicted molar refractivity (Wildman–Crippen MR) is 163 cm³/mol. The van der Waals surface area contributed by atoms with Gasteiger partial charge in [-0.15, -0.1) is 0 Å². The summed E-state index contributed by atoms with van der Waals surface area (Å²) in [5.41, 5.74) is 1.70. The van der Waals surface area contributed by atoms with Gasteiger partial charge >= 0.3 is 5.97 Å². The van der Waals surface area contributed by atoms with Crippen LogP contribution in [0.25, 0.3) is 0 Å². The van der Waals surface area contributed by atoms with E-state index in [9.17, 15) is 13.2 Å². The Bertz CT molecular complexity index is 1550. The normalized spacial score (nSPS) is 17.7. The SMILES string of the molecule is CN=C(NS(=O)(=O)c1ccc(CI)cc1)N1CC(OC/C=C/C(=O)O)(c2ccccc2)C(c2ccc(Cl)cc2)=N1. The van der Waals surface area contributed by atoms with E-state index in [1.807, 2.05) is 30.3 Å². The van der Waals surface area contributed by atoms with Gasteiger partial charge in [0, 0.05) is 28.1 Å². The number of hydrogen-bond donors (Lipinski definition) is 2. The fourth-order valence-corrected chi connectivity index (χ4v) is 5.85. The molecule has 1 atom stereocenters. The number of benzene rings is 3. The predicted octanol–water partition coefficient (Wildman–Crippen LogP) is 4.81. The highest BCUT2D eigenvalue weighted by Crippen LogP contribution is 2.37. The molecule has 0 aromatic heterocycles. The standard InChI is InChI=1S/C28H26ClIN4O5S/c1-31-27(33-40(37,38)24-15-9-20(18-30)10-16-24)34-19-28(22-6-3-2-4-7-22,39-17-5-8-25(35)36)26(32-34)21-11-13-23(29)14-12-21/h2-16H,17-19H2,1H3,(H,31,33)(H,35,36)/b8-5+. The molecule has 3 aromatic rings. The molecule has 0 radical (unpaired) electrons. The first kappa shape index (κ1) is 29.7. The van der Waals surface area contributed by atoms with Crippen molar-refractivity contribution in [3.8, 4) is 0 Å². The topological polar surface area (TPSA) is 121 Å². The maximum absolute atomic E-state index is 13.3. The molecule has 2 N–H and O–H groups in total. The van der Waals surface area contributed by atoms with Crippen LogP contribution < -0.4 is 4.72 Å². The van der Waals surface area contributed by atoms with Crippen molar-refractivity contribution in [2.75, 3.05) is 20.2 Å². The Labute approximate surface area is 251 Å². The quantitative estimate of drug-likeness (QED) is 0.109. The number of carbonyl (C=O) groups is 1. The van der Waals surface area contributed by atoms with Crippen molar-refractivity contribution >= 4 is 61.9 Å². The molecule has 4 rings (SSSR count). The van der Waals surface area contributed by atoms with Crippen LogP contribution in [0.2, 0.25) is 5.02 Å². The Morgan fingerprint density at radius 1 is 1.15 bits per heavy atom. The summed E-state index contributed by atoms with van der Waals surface area (Å²) in [5, 5.41) is 15.8. The number of ether oxygens (including phenoxy) is 1. The van der Waals surface area contributed by atoms with E-state index in [0.29, 0.717) is 16.3 Å². The van der Waals surface area contributed by atoms with Crippen LogP contribution >= 0.6 is 34.2 Å². The van der Waals surface area contributed by atoms with E-state index < -0.39 is 21.6 Å². The molecule has 208 valence electrons. The van der Waals surface area contributed by atoms with E-state index in [-0.39, 0.29) is 24.0 Å². The van der Waals surface area contributed by atoms with Crippen molar-refractivity contribution in [2.24, 2.45) is 10.1 Å². The van der Waals surface area contributed by atoms with Gasteiger partial charge in [0.2, 0.25) is 5.96 Å². The van der Waals surface area contributed by atoms with Gasteiger partial charge in [-0.1, -0.05) is 94.9 Å². The fraction of sp³-hybridized carbons (Fsp3) is 0.179. The molecule has 0 saturated carbocycles. The first-order chi connectivity index (χ1) is 19.2. The monoisotopic (exact) mass is 692 g/mol. The number of nitrogens with zero attached hydrogens (tertiary/aromatic N) is 3. The molecule has 1 unspecified atom stereocenters. The van der Waals surface area contributed by atoms with Crippen molar-refractivity contribution in [3.63, 3.8) is 0 Å². The third kappa shape index (κ3) is 6.72. The number of hydrazone groups is 1. The van der Waals surface area contributed by atoms with Gasteiger partial charge in [-0.3, -0.25) is 4.99 Å². The smallest absolute Gasteiger partial charge is 0.328 e. The molecule has 0 fully saturated rings. The number of nitrogens with one attached hydrogen (secondary N) is 1. The molecule has 1 aliphatic heterocycles. The molecule has 9 nitrogen and oxygen atoms in total. The molecular weight excluding hydrogens is 667 g/mol. The Balaban J connectivity index is 1.76. The van der Waals surface area contributed by atoms with Crippen molar-refractivity contribution in [2.45, 2.75) is 14.9 Å². The second-order valence-electron chi connectivity index (χ2n) is 8.69. The number of alkyl halides is 1. The molecular formula is C28H26ClIN4O5S. The summed E-state index contributed by atoms with van der Waals surface area (Å²) in [5.74, 6) is -1.11. The molecule has 0 bridgehead atoms. The number of rotatable bonds is 9. The van der Waals surface area contributed by atoms with Crippen molar-refractivity contribution in [1.82, 2.24) is 9.73 Å². The minimum Gasteiger partial charge on any atom is -0.478 e. The van der Waals surface area contributed by atoms with E-state index in [1.165, 1.54) is 18.1 Å². The van der Waals surface area contributed by atoms with Crippen LogP contribution in [-0.2, 0) is 29.6 Å². The average molecular weight is 693 g/mol. The lowest BCUT2D eigenvalue weighted by Crippen LogP contribution is -2.46. The molecule has 0 saturated heterocycles. The Hall–Kier alpha value is -3.26. The van der Waals surface area contributed by atoms with Gasteiger partial charge < -0.3 is 9.84 Å². The van der Waals surface area contributed by atoms with Crippen LogP contribution in [0.4, 0.5) is 0 Å². The summed E-state index contributed by atoms with van der Waals surface area (Å²) in [4.78, 5) is 15.4. The van der Waals surface area contributed by atoms with Crippen molar-refractivity contribution in [1.29, 1.82) is 0 Å². The maximum Gasteiger partial charge on any atom is 0.328 e. The highest BCUT2D eigenvalue weighted by atomic mass is 127. The Morgan fingerprint density at radius 3 is 2.42 bits per heavy atom. The zero-order valence-corrected chi connectivity index (χ0v) is 25.1. The molecule has 0 spiro atoms. The molecule has 1 heterocycles. The van der Waals surface area contributed by atoms with Crippen LogP contribution in [0.1, 0.15) is 16.7 Å². The largest absolute Gasteiger partial charge is 0.478 e. The van der Waals surface area contributed by atoms with Gasteiger partial charge in [0.1, 0.15) is 5.71 Å². The summed E-state index contributed by atoms with van der Waals surface area (Å²) in [6.45, 7) is 0.00792. The average Bonchev–Trinajstić information content (AvgIpc) is 3.35. The van der Waals surface area contributed by atoms with Gasteiger partial charge in [0.05, 0.1) is 18.0 Å². The first-order valence-corrected chi connectivity index (χ1v) is 15.4. The third-order valence-corrected chi connectivity index (χ3v) is 8.57. The fourth-order valence-electron chi connectivity index (χ4n) is 4.17. The molecule has 1 aliphatic rings. The summed E-state index contributed by atoms with van der Waals surface area (Å²) in [7, 11) is -2.52. The first-order valence-electron chi connectivity index (χ1n) is 12.0. The van der Waals surface area contributed by atoms with Crippen molar-refractivity contribution < 1.29 is 23.1 Å². The lowest BCUT2D eigenvalue weighted by atomic mass is 9.85. The second kappa shape index (κ2) is 12.9. The van der Waals surface area contributed by atoms with E-state index in [2.05, 4.69) is 32.3 Å². The minimum atomic E-state index is -3.98. The molecule has 3 aromatic carbocycles. The number of sulfonamides is 1. The summed E-state index contributed by atoms with van der Waals surface area (Å²) >= 11 is 8.36. The molecule has 40 heavy (non-hydrogen) atoms. The van der Waals surface area contributed by atoms with Gasteiger partial charge in [-0.2, -0.15) is 5.10 Å². The van der Waals surface area contributed by atoms with Crippen molar-refractivity contribution in [3.05, 3.63) is 113 Å². The number of carboxylic acid groups (broad SMARTS) is 1. The number of aliphatic carboxylic acids is 1. The molecule has 0 aliphatic carbocycles. The van der Waals surface area contributed by atoms with E-state index in [1.54, 1.807) is 48.5 Å². The highest BCUT2D eigenvalue weighted by Gasteiger charge is 2.47. The summed E-state index contributed by atoms with van der Waals surface area (Å²) in [6, 6.07) is 23.0. The van der Waals surface area contributed by atoms with Crippen LogP contribution in [0.5, 0.6) is 0 Å². The number of carboxylic acids is 1. The zero-order chi connectivity index (χ0) is 28.8. The third-order valence-electron chi connectivity index (χ3n) is 6.09. The van der Waals surface area contributed by atoms with E-state index in [4.69, 9.17) is 26.5 Å². The number of guanidine groups is 1. The summed E-state index contributed by atoms with van der Waals surface area (Å²) < 4.78 is 36.3. The second-order valence-corrected chi connectivity index (χ2v) is 11.6. The van der Waals surface area contributed by atoms with Gasteiger partial charge in [0.25, 0.3) is 10.0 Å². The lowest BCUT2D eigenvalue weighted by molar-refractivity contribution is -0.131. The number of aliphatic imine (C=N–C) groups is 1. The maximum atomic E-state index is 13.3. The van der Waals surface area contributed by atoms with Crippen LogP contribution in [-0.4, -0.2) is 56.4 Å². The summed E-state index contributed by atoms with van der Waals surface area (Å²) in [6.07, 6.45) is 2.40. The number of halogens is 2. The van der Waals surface area contributed by atoms with Crippen LogP contribution in [0, 0.1) is 0 Å². The van der Waals surface area contributed by atoms with E-state index >= 15 is 0 Å². The lowest BCUT2D eigenvalue weighted by Gasteiger charge is -2.32. The van der Waals surface area contributed by atoms with Crippen LogP contribution in [0.15, 0.2) is 106 Å². The van der Waals surface area contributed by atoms with Gasteiger partial charge in [0.15, 0.2) is 5.60 Å². The molecule has 0 amide bonds. The minimum absolute atomic E-state index is 0.00749. The zero-order valence-electron chi connectivity index (χ0n) is 21.4. The van der Waals surface area contributed by atoms with Crippen LogP contribution in [0.3, 0.4) is 0 Å². The van der Waals surface area contributed by atoms with Gasteiger partial charge in [-0.05, 0) is 35.4 Å². The Morgan fingerprint density at radius 2 is 1.82 bits per heavy atom. The Kier molecular flexibility index (Phi) is 9.61.